The van der Waals surface area contributed by atoms with Crippen LogP contribution < -0.4 is 9.47 Å². The highest BCUT2D eigenvalue weighted by Gasteiger charge is 2.11. The normalized spacial score (nSPS) is 11.3. The number of aromatic nitrogens is 4. The summed E-state index contributed by atoms with van der Waals surface area (Å²) in [5, 5.41) is 15.4. The first-order valence-electron chi connectivity index (χ1n) is 12.2. The minimum Gasteiger partial charge on any atom is -0.491 e. The molecule has 0 spiro atoms. The molecule has 182 valence electrons. The highest BCUT2D eigenvalue weighted by atomic mass is 16.5. The van der Waals surface area contributed by atoms with Gasteiger partial charge in [-0.2, -0.15) is 10.2 Å². The molecular formula is C30H30N4O2. The van der Waals surface area contributed by atoms with Crippen LogP contribution in [0.5, 0.6) is 11.5 Å². The van der Waals surface area contributed by atoms with Crippen molar-refractivity contribution in [2.45, 2.75) is 39.9 Å². The van der Waals surface area contributed by atoms with E-state index in [1.807, 2.05) is 82.3 Å². The maximum Gasteiger partial charge on any atom is 0.119 e. The molecule has 0 atom stereocenters. The van der Waals surface area contributed by atoms with E-state index >= 15 is 0 Å². The first kappa shape index (κ1) is 23.4. The summed E-state index contributed by atoms with van der Waals surface area (Å²) in [4.78, 5) is 0. The molecule has 0 fully saturated rings. The highest BCUT2D eigenvalue weighted by molar-refractivity contribution is 5.74. The monoisotopic (exact) mass is 478 g/mol. The van der Waals surface area contributed by atoms with Crippen molar-refractivity contribution in [3.8, 4) is 56.5 Å². The van der Waals surface area contributed by atoms with Crippen LogP contribution in [0.2, 0.25) is 0 Å². The van der Waals surface area contributed by atoms with E-state index in [1.54, 1.807) is 0 Å². The van der Waals surface area contributed by atoms with Gasteiger partial charge in [-0.25, -0.2) is 0 Å². The molecule has 0 aliphatic heterocycles. The molecule has 5 aromatic rings. The van der Waals surface area contributed by atoms with Gasteiger partial charge in [0.05, 0.1) is 35.0 Å². The van der Waals surface area contributed by atoms with Crippen LogP contribution >= 0.6 is 0 Å². The van der Waals surface area contributed by atoms with E-state index < -0.39 is 0 Å². The maximum atomic E-state index is 5.74. The largest absolute Gasteiger partial charge is 0.491 e. The maximum absolute atomic E-state index is 5.74. The Morgan fingerprint density at radius 2 is 0.944 bits per heavy atom. The quantitative estimate of drug-likeness (QED) is 0.244. The van der Waals surface area contributed by atoms with Crippen molar-refractivity contribution in [1.82, 2.24) is 20.4 Å². The minimum atomic E-state index is 0.150. The van der Waals surface area contributed by atoms with Gasteiger partial charge in [0.15, 0.2) is 0 Å². The van der Waals surface area contributed by atoms with Gasteiger partial charge in [-0.15, -0.1) is 0 Å². The third kappa shape index (κ3) is 5.33. The summed E-state index contributed by atoms with van der Waals surface area (Å²) in [6.45, 7) is 8.09. The summed E-state index contributed by atoms with van der Waals surface area (Å²) in [6, 6.07) is 28.5. The van der Waals surface area contributed by atoms with Gasteiger partial charge in [-0.05, 0) is 106 Å². The fourth-order valence-electron chi connectivity index (χ4n) is 4.04. The number of hydrogen-bond acceptors (Lipinski definition) is 4. The number of nitrogens with one attached hydrogen (secondary N) is 2. The van der Waals surface area contributed by atoms with Crippen LogP contribution in [0, 0.1) is 0 Å². The van der Waals surface area contributed by atoms with Crippen molar-refractivity contribution >= 4 is 0 Å². The van der Waals surface area contributed by atoms with Crippen molar-refractivity contribution in [2.75, 3.05) is 0 Å². The molecule has 5 rings (SSSR count). The number of rotatable bonds is 8. The number of H-pyrrole nitrogens is 2. The second-order valence-corrected chi connectivity index (χ2v) is 9.30. The molecule has 6 heteroatoms. The molecular weight excluding hydrogens is 448 g/mol. The molecule has 0 amide bonds. The molecule has 0 saturated carbocycles. The fourth-order valence-corrected chi connectivity index (χ4v) is 4.04. The predicted octanol–water partition coefficient (Wildman–Crippen LogP) is 7.38. The average molecular weight is 479 g/mol. The van der Waals surface area contributed by atoms with Gasteiger partial charge in [-0.1, -0.05) is 18.2 Å². The molecule has 3 aromatic carbocycles. The summed E-state index contributed by atoms with van der Waals surface area (Å²) >= 11 is 0. The van der Waals surface area contributed by atoms with Crippen molar-refractivity contribution < 1.29 is 9.47 Å². The SMILES string of the molecule is CC(C)Oc1ccc(-c2cc(-c3cccc(-c4cc(-c5ccc(OC(C)C)cc5)[nH]n4)c3)n[nH]2)cc1. The topological polar surface area (TPSA) is 75.8 Å². The molecule has 6 nitrogen and oxygen atoms in total. The lowest BCUT2D eigenvalue weighted by Gasteiger charge is -2.09. The molecule has 0 bridgehead atoms. The van der Waals surface area contributed by atoms with Crippen molar-refractivity contribution in [1.29, 1.82) is 0 Å². The van der Waals surface area contributed by atoms with E-state index in [1.165, 1.54) is 0 Å². The first-order valence-corrected chi connectivity index (χ1v) is 12.2. The molecule has 2 heterocycles. The second kappa shape index (κ2) is 10.1. The van der Waals surface area contributed by atoms with E-state index in [4.69, 9.17) is 9.47 Å². The Hall–Kier alpha value is -4.32. The van der Waals surface area contributed by atoms with E-state index in [2.05, 4.69) is 50.7 Å². The van der Waals surface area contributed by atoms with Crippen LogP contribution in [0.3, 0.4) is 0 Å². The minimum absolute atomic E-state index is 0.150. The van der Waals surface area contributed by atoms with Crippen LogP contribution in [0.15, 0.2) is 84.9 Å². The number of aromatic amines is 2. The predicted molar refractivity (Wildman–Crippen MR) is 144 cm³/mol. The van der Waals surface area contributed by atoms with E-state index in [0.29, 0.717) is 0 Å². The molecule has 2 aromatic heterocycles. The summed E-state index contributed by atoms with van der Waals surface area (Å²) in [7, 11) is 0. The Bertz CT molecular complexity index is 1320. The lowest BCUT2D eigenvalue weighted by atomic mass is 10.0. The Morgan fingerprint density at radius 3 is 1.33 bits per heavy atom. The molecule has 2 N–H and O–H groups in total. The van der Waals surface area contributed by atoms with Gasteiger partial charge >= 0.3 is 0 Å². The number of benzene rings is 3. The van der Waals surface area contributed by atoms with E-state index in [-0.39, 0.29) is 12.2 Å². The van der Waals surface area contributed by atoms with Crippen LogP contribution in [-0.2, 0) is 0 Å². The molecule has 36 heavy (non-hydrogen) atoms. The Balaban J connectivity index is 1.34. The summed E-state index contributed by atoms with van der Waals surface area (Å²) in [6.07, 6.45) is 0.301. The smallest absolute Gasteiger partial charge is 0.119 e. The van der Waals surface area contributed by atoms with Crippen molar-refractivity contribution in [3.05, 3.63) is 84.9 Å². The molecule has 0 radical (unpaired) electrons. The zero-order valence-electron chi connectivity index (χ0n) is 20.9. The summed E-state index contributed by atoms with van der Waals surface area (Å²) < 4.78 is 11.5. The average Bonchev–Trinajstić information content (AvgIpc) is 3.55. The lowest BCUT2D eigenvalue weighted by Crippen LogP contribution is -2.05. The zero-order chi connectivity index (χ0) is 25.1. The van der Waals surface area contributed by atoms with Gasteiger partial charge in [0.2, 0.25) is 0 Å². The lowest BCUT2D eigenvalue weighted by molar-refractivity contribution is 0.242. The van der Waals surface area contributed by atoms with Crippen LogP contribution in [0.1, 0.15) is 27.7 Å². The third-order valence-corrected chi connectivity index (χ3v) is 5.68. The number of nitrogens with zero attached hydrogens (tertiary/aromatic N) is 2. The number of hydrogen-bond donors (Lipinski definition) is 2. The molecule has 0 saturated heterocycles. The van der Waals surface area contributed by atoms with Crippen molar-refractivity contribution in [3.63, 3.8) is 0 Å². The molecule has 0 unspecified atom stereocenters. The standard InChI is InChI=1S/C30H30N4O2/c1-19(2)35-25-12-8-21(9-13-25)27-17-29(33-31-27)23-6-5-7-24(16-23)30-18-28(32-34-30)22-10-14-26(15-11-22)36-20(3)4/h5-20H,1-4H3,(H,31,33)(H,32,34). The fraction of sp³-hybridized carbons (Fsp3) is 0.200. The number of ether oxygens (including phenoxy) is 2. The summed E-state index contributed by atoms with van der Waals surface area (Å²) in [5.74, 6) is 1.72. The summed E-state index contributed by atoms with van der Waals surface area (Å²) in [5.41, 5.74) is 7.84. The first-order chi connectivity index (χ1) is 17.4. The van der Waals surface area contributed by atoms with Crippen LogP contribution in [0.4, 0.5) is 0 Å². The Morgan fingerprint density at radius 1 is 0.528 bits per heavy atom. The van der Waals surface area contributed by atoms with Gasteiger partial charge in [-0.3, -0.25) is 10.2 Å². The van der Waals surface area contributed by atoms with E-state index in [0.717, 1.165) is 56.5 Å². The van der Waals surface area contributed by atoms with Crippen LogP contribution in [0.25, 0.3) is 45.0 Å². The third-order valence-electron chi connectivity index (χ3n) is 5.68. The van der Waals surface area contributed by atoms with Gasteiger partial charge in [0, 0.05) is 11.1 Å². The van der Waals surface area contributed by atoms with Gasteiger partial charge < -0.3 is 9.47 Å². The van der Waals surface area contributed by atoms with Gasteiger partial charge in [0.1, 0.15) is 11.5 Å². The zero-order valence-corrected chi connectivity index (χ0v) is 20.9. The van der Waals surface area contributed by atoms with Crippen molar-refractivity contribution in [2.24, 2.45) is 0 Å². The Labute approximate surface area is 211 Å². The Kier molecular flexibility index (Phi) is 6.58. The molecule has 0 aliphatic carbocycles. The molecule has 0 aliphatic rings. The second-order valence-electron chi connectivity index (χ2n) is 9.30. The van der Waals surface area contributed by atoms with E-state index in [9.17, 15) is 0 Å². The van der Waals surface area contributed by atoms with Crippen LogP contribution in [-0.4, -0.2) is 32.6 Å². The highest BCUT2D eigenvalue weighted by Crippen LogP contribution is 2.30. The van der Waals surface area contributed by atoms with Gasteiger partial charge in [0.25, 0.3) is 0 Å².